The average Bonchev–Trinajstić information content (AvgIpc) is 4.14. The largest absolute Gasteiger partial charge is 0.488 e. The molecule has 2 aromatic heterocycles. The van der Waals surface area contributed by atoms with Crippen molar-refractivity contribution >= 4 is 45.8 Å². The van der Waals surface area contributed by atoms with Gasteiger partial charge in [-0.15, -0.1) is 0 Å². The number of carbonyl (C=O) groups is 4. The number of hydrogen-bond acceptors (Lipinski definition) is 11. The summed E-state index contributed by atoms with van der Waals surface area (Å²) in [7, 11) is 5.69. The molecule has 2 saturated heterocycles. The van der Waals surface area contributed by atoms with Gasteiger partial charge in [0.1, 0.15) is 36.1 Å². The van der Waals surface area contributed by atoms with Gasteiger partial charge in [0, 0.05) is 44.2 Å². The predicted molar refractivity (Wildman–Crippen MR) is 238 cm³/mol. The molecule has 3 aliphatic heterocycles. The van der Waals surface area contributed by atoms with Gasteiger partial charge in [0.15, 0.2) is 0 Å². The number of alkyl carbamates (subject to hydrolysis) is 2. The summed E-state index contributed by atoms with van der Waals surface area (Å²) in [4.78, 5) is 73.1. The SMILES string of the molecule is CC[C@H](C)C(NC(=O)OC)C(=O)N1C[C@@H](C)C[C@H]1c1ncc(-c2ccc3c(c2)COc2cc4c(ccc5[nH]c([C@@H]6C[C@H](COC)CN6C(=O)C(NC(=O)OC)[C@@H](C)OC)nc54)cc2-3)[nH]1. The van der Waals surface area contributed by atoms with Gasteiger partial charge in [-0.25, -0.2) is 19.6 Å². The minimum atomic E-state index is -0.971. The minimum absolute atomic E-state index is 0.0552. The van der Waals surface area contributed by atoms with E-state index < -0.39 is 36.4 Å². The zero-order chi connectivity index (χ0) is 45.4. The van der Waals surface area contributed by atoms with Crippen LogP contribution in [0, 0.1) is 17.8 Å². The molecule has 17 nitrogen and oxygen atoms in total. The van der Waals surface area contributed by atoms with Gasteiger partial charge >= 0.3 is 12.2 Å². The number of hydrogen-bond donors (Lipinski definition) is 4. The van der Waals surface area contributed by atoms with Crippen molar-refractivity contribution in [2.24, 2.45) is 17.8 Å². The Morgan fingerprint density at radius 2 is 1.58 bits per heavy atom. The van der Waals surface area contributed by atoms with Crippen molar-refractivity contribution in [2.75, 3.05) is 48.1 Å². The molecule has 2 unspecified atom stereocenters. The van der Waals surface area contributed by atoms with E-state index in [4.69, 9.17) is 33.7 Å². The fraction of sp³-hybridized carbons (Fsp3) is 0.489. The molecule has 2 fully saturated rings. The Morgan fingerprint density at radius 3 is 2.30 bits per heavy atom. The molecule has 5 aromatic rings. The van der Waals surface area contributed by atoms with Crippen LogP contribution < -0.4 is 15.4 Å². The summed E-state index contributed by atoms with van der Waals surface area (Å²) in [5.41, 5.74) is 6.43. The van der Waals surface area contributed by atoms with Crippen LogP contribution in [-0.4, -0.2) is 120 Å². The molecule has 0 radical (unpaired) electrons. The van der Waals surface area contributed by atoms with Crippen molar-refractivity contribution < 1.29 is 42.9 Å². The Bertz CT molecular complexity index is 2560. The number of H-pyrrole nitrogens is 2. The number of imidazole rings is 2. The summed E-state index contributed by atoms with van der Waals surface area (Å²) >= 11 is 0. The standard InChI is InChI=1S/C47H58N8O9/c1-9-25(3)39(52-46(58)62-7)44(56)54-20-24(2)14-36(54)42-48-19-35(50-42)29-10-12-31-30(16-29)23-64-38-18-32-28(17-33(31)38)11-13-34-41(32)51-43(49-34)37-15-27(22-60-5)21-55(37)45(57)40(26(4)61-6)53-47(59)63-8/h10-13,16-19,24-27,36-37,39-40H,9,14-15,20-23H2,1-8H3,(H,48,50)(H,49,51)(H,52,58)(H,53,59)/t24-,25-,26+,27-,36-,37-,39?,40?/m0/s1. The maximum atomic E-state index is 14.1. The predicted octanol–water partition coefficient (Wildman–Crippen LogP) is 6.64. The van der Waals surface area contributed by atoms with Crippen LogP contribution in [0.4, 0.5) is 9.59 Å². The Labute approximate surface area is 371 Å². The van der Waals surface area contributed by atoms with Crippen LogP contribution in [0.3, 0.4) is 0 Å². The van der Waals surface area contributed by atoms with Gasteiger partial charge in [0.25, 0.3) is 0 Å². The van der Waals surface area contributed by atoms with Gasteiger partial charge in [-0.1, -0.05) is 45.4 Å². The average molecular weight is 879 g/mol. The molecule has 0 spiro atoms. The summed E-state index contributed by atoms with van der Waals surface area (Å²) in [6.07, 6.45) is 1.93. The molecule has 3 aliphatic rings. The Morgan fingerprint density at radius 1 is 0.859 bits per heavy atom. The van der Waals surface area contributed by atoms with Crippen molar-refractivity contribution in [2.45, 2.75) is 83.8 Å². The second-order valence-electron chi connectivity index (χ2n) is 17.5. The van der Waals surface area contributed by atoms with E-state index in [1.165, 1.54) is 21.3 Å². The van der Waals surface area contributed by atoms with Gasteiger partial charge in [-0.2, -0.15) is 0 Å². The first-order valence-electron chi connectivity index (χ1n) is 21.9. The van der Waals surface area contributed by atoms with E-state index >= 15 is 0 Å². The van der Waals surface area contributed by atoms with Crippen LogP contribution in [0.15, 0.2) is 48.7 Å². The van der Waals surface area contributed by atoms with E-state index in [0.29, 0.717) is 50.8 Å². The highest BCUT2D eigenvalue weighted by Crippen LogP contribution is 2.44. The molecular weight excluding hydrogens is 821 g/mol. The zero-order valence-corrected chi connectivity index (χ0v) is 37.7. The molecule has 5 heterocycles. The lowest BCUT2D eigenvalue weighted by molar-refractivity contribution is -0.138. The third kappa shape index (κ3) is 8.45. The number of rotatable bonds is 13. The molecule has 4 amide bonds. The summed E-state index contributed by atoms with van der Waals surface area (Å²) in [6.45, 7) is 9.61. The van der Waals surface area contributed by atoms with Crippen LogP contribution in [0.25, 0.3) is 44.2 Å². The Hall–Kier alpha value is -6.20. The summed E-state index contributed by atoms with van der Waals surface area (Å²) < 4.78 is 27.1. The number of nitrogens with one attached hydrogen (secondary N) is 4. The Balaban J connectivity index is 1.05. The molecule has 4 N–H and O–H groups in total. The molecule has 64 heavy (non-hydrogen) atoms. The molecule has 3 aromatic carbocycles. The maximum Gasteiger partial charge on any atom is 0.407 e. The lowest BCUT2D eigenvalue weighted by atomic mass is 9.92. The highest BCUT2D eigenvalue weighted by molar-refractivity contribution is 6.07. The van der Waals surface area contributed by atoms with Crippen molar-refractivity contribution in [1.29, 1.82) is 0 Å². The topological polar surface area (TPSA) is 202 Å². The van der Waals surface area contributed by atoms with E-state index in [-0.39, 0.29) is 35.6 Å². The quantitative estimate of drug-likeness (QED) is 0.0988. The highest BCUT2D eigenvalue weighted by atomic mass is 16.5. The fourth-order valence-corrected chi connectivity index (χ4v) is 9.54. The van der Waals surface area contributed by atoms with Crippen molar-refractivity contribution in [3.8, 4) is 28.1 Å². The van der Waals surface area contributed by atoms with Crippen LogP contribution >= 0.6 is 0 Å². The van der Waals surface area contributed by atoms with Crippen LogP contribution in [-0.2, 0) is 35.1 Å². The van der Waals surface area contributed by atoms with Crippen molar-refractivity contribution in [3.05, 3.63) is 65.9 Å². The van der Waals surface area contributed by atoms with E-state index in [2.05, 4.69) is 57.9 Å². The smallest absolute Gasteiger partial charge is 0.407 e. The number of benzene rings is 3. The second-order valence-corrected chi connectivity index (χ2v) is 17.5. The maximum absolute atomic E-state index is 14.1. The van der Waals surface area contributed by atoms with Crippen molar-refractivity contribution in [3.63, 3.8) is 0 Å². The Kier molecular flexibility index (Phi) is 12.8. The number of nitrogens with zero attached hydrogens (tertiary/aromatic N) is 4. The number of methoxy groups -OCH3 is 4. The number of ether oxygens (including phenoxy) is 5. The number of amides is 4. The fourth-order valence-electron chi connectivity index (χ4n) is 9.54. The monoisotopic (exact) mass is 878 g/mol. The molecule has 340 valence electrons. The first-order chi connectivity index (χ1) is 30.8. The third-order valence-corrected chi connectivity index (χ3v) is 13.3. The number of carbonyl (C=O) groups excluding carboxylic acids is 4. The van der Waals surface area contributed by atoms with E-state index in [0.717, 1.165) is 61.9 Å². The first-order valence-corrected chi connectivity index (χ1v) is 21.9. The van der Waals surface area contributed by atoms with Crippen LogP contribution in [0.2, 0.25) is 0 Å². The number of aromatic nitrogens is 4. The molecular formula is C47H58N8O9. The highest BCUT2D eigenvalue weighted by Gasteiger charge is 2.43. The molecule has 8 atom stereocenters. The van der Waals surface area contributed by atoms with Gasteiger partial charge < -0.3 is 54.1 Å². The van der Waals surface area contributed by atoms with E-state index in [1.54, 1.807) is 18.9 Å². The normalized spacial score (nSPS) is 21.1. The zero-order valence-electron chi connectivity index (χ0n) is 37.7. The van der Waals surface area contributed by atoms with Crippen LogP contribution in [0.1, 0.15) is 76.3 Å². The summed E-state index contributed by atoms with van der Waals surface area (Å²) in [5.74, 6) is 1.88. The third-order valence-electron chi connectivity index (χ3n) is 13.3. The number of aromatic amines is 2. The molecule has 0 saturated carbocycles. The van der Waals surface area contributed by atoms with Gasteiger partial charge in [-0.05, 0) is 77.9 Å². The minimum Gasteiger partial charge on any atom is -0.488 e. The second kappa shape index (κ2) is 18.5. The van der Waals surface area contributed by atoms with E-state index in [9.17, 15) is 19.2 Å². The number of likely N-dealkylation sites (tertiary alicyclic amines) is 2. The van der Waals surface area contributed by atoms with Crippen LogP contribution in [0.5, 0.6) is 5.75 Å². The summed E-state index contributed by atoms with van der Waals surface area (Å²) in [5, 5.41) is 7.33. The van der Waals surface area contributed by atoms with Crippen molar-refractivity contribution in [1.82, 2.24) is 40.4 Å². The molecule has 0 aliphatic carbocycles. The van der Waals surface area contributed by atoms with Gasteiger partial charge in [-0.3, -0.25) is 9.59 Å². The summed E-state index contributed by atoms with van der Waals surface area (Å²) in [6, 6.07) is 12.2. The molecule has 17 heteroatoms. The van der Waals surface area contributed by atoms with Gasteiger partial charge in [0.05, 0.1) is 61.9 Å². The molecule has 0 bridgehead atoms. The van der Waals surface area contributed by atoms with E-state index in [1.807, 2.05) is 37.1 Å². The lowest BCUT2D eigenvalue weighted by Crippen LogP contribution is -2.54. The first kappa shape index (κ1) is 44.4. The number of fused-ring (bicyclic) bond motifs is 6. The lowest BCUT2D eigenvalue weighted by Gasteiger charge is -2.30. The van der Waals surface area contributed by atoms with Gasteiger partial charge in [0.2, 0.25) is 11.8 Å². The molecule has 8 rings (SSSR count).